The van der Waals surface area contributed by atoms with Gasteiger partial charge in [-0.1, -0.05) is 64.1 Å². The minimum Gasteiger partial charge on any atom is -0.350 e. The Morgan fingerprint density at radius 3 is 2.44 bits per heavy atom. The molecule has 1 saturated carbocycles. The van der Waals surface area contributed by atoms with Crippen LogP contribution >= 0.6 is 0 Å². The molecule has 2 nitrogen and oxygen atoms in total. The molecule has 2 rings (SSSR count). The van der Waals surface area contributed by atoms with Gasteiger partial charge in [0.2, 0.25) is 5.91 Å². The van der Waals surface area contributed by atoms with Gasteiger partial charge < -0.3 is 5.32 Å². The van der Waals surface area contributed by atoms with Gasteiger partial charge in [-0.05, 0) is 41.7 Å². The highest BCUT2D eigenvalue weighted by Crippen LogP contribution is 2.65. The first kappa shape index (κ1) is 21.3. The van der Waals surface area contributed by atoms with Crippen molar-refractivity contribution in [3.63, 3.8) is 0 Å². The number of benzene rings is 1. The predicted molar refractivity (Wildman–Crippen MR) is 102 cm³/mol. The van der Waals surface area contributed by atoms with Crippen molar-refractivity contribution in [2.24, 2.45) is 17.3 Å². The first-order valence-corrected chi connectivity index (χ1v) is 9.27. The summed E-state index contributed by atoms with van der Waals surface area (Å²) in [6, 6.07) is 5.67. The number of nitrogens with one attached hydrogen (secondary N) is 1. The van der Waals surface area contributed by atoms with Crippen LogP contribution in [0.2, 0.25) is 0 Å². The zero-order chi connectivity index (χ0) is 20.4. The number of amides is 1. The van der Waals surface area contributed by atoms with E-state index in [1.54, 1.807) is 18.2 Å². The quantitative estimate of drug-likeness (QED) is 0.497. The summed E-state index contributed by atoms with van der Waals surface area (Å²) >= 11 is 0. The molecule has 0 spiro atoms. The average molecular weight is 379 g/mol. The molecule has 0 aromatic heterocycles. The van der Waals surface area contributed by atoms with Crippen molar-refractivity contribution < 1.29 is 18.0 Å². The van der Waals surface area contributed by atoms with E-state index in [9.17, 15) is 18.0 Å². The summed E-state index contributed by atoms with van der Waals surface area (Å²) in [5.74, 6) is 0.395. The van der Waals surface area contributed by atoms with Crippen LogP contribution in [-0.2, 0) is 11.0 Å². The summed E-state index contributed by atoms with van der Waals surface area (Å²) in [5, 5.41) is 2.89. The Morgan fingerprint density at radius 2 is 1.85 bits per heavy atom. The number of carbonyl (C=O) groups excluding carboxylic acids is 1. The predicted octanol–water partition coefficient (Wildman–Crippen LogP) is 5.72. The van der Waals surface area contributed by atoms with Crippen molar-refractivity contribution in [3.8, 4) is 0 Å². The second kappa shape index (κ2) is 7.91. The van der Waals surface area contributed by atoms with Gasteiger partial charge in [0.05, 0.1) is 5.56 Å². The Kier molecular flexibility index (Phi) is 6.23. The topological polar surface area (TPSA) is 29.1 Å². The van der Waals surface area contributed by atoms with Gasteiger partial charge in [0.1, 0.15) is 0 Å². The monoisotopic (exact) mass is 379 g/mol. The minimum absolute atomic E-state index is 0.0410. The van der Waals surface area contributed by atoms with Gasteiger partial charge in [-0.15, -0.1) is 0 Å². The zero-order valence-electron chi connectivity index (χ0n) is 16.5. The molecule has 5 heteroatoms. The van der Waals surface area contributed by atoms with Gasteiger partial charge in [0.25, 0.3) is 0 Å². The van der Waals surface area contributed by atoms with Crippen LogP contribution in [-0.4, -0.2) is 11.9 Å². The lowest BCUT2D eigenvalue weighted by Crippen LogP contribution is -2.34. The van der Waals surface area contributed by atoms with Crippen LogP contribution in [0.15, 0.2) is 48.6 Å². The van der Waals surface area contributed by atoms with Gasteiger partial charge in [-0.2, -0.15) is 13.2 Å². The van der Waals surface area contributed by atoms with E-state index in [2.05, 4.69) is 5.32 Å². The van der Waals surface area contributed by atoms with Crippen LogP contribution < -0.4 is 5.32 Å². The zero-order valence-corrected chi connectivity index (χ0v) is 16.5. The molecule has 0 bridgehead atoms. The van der Waals surface area contributed by atoms with Crippen LogP contribution in [0.1, 0.15) is 51.7 Å². The van der Waals surface area contributed by atoms with Crippen LogP contribution in [0.5, 0.6) is 0 Å². The number of hydrogen-bond donors (Lipinski definition) is 1. The molecule has 0 saturated heterocycles. The SMILES string of the molecule is CC(C)C(C)NC(=O)/C=C/C=C/C1C(c2cccc(C(F)(F)F)c2)C1(C)C. The highest BCUT2D eigenvalue weighted by molar-refractivity contribution is 5.87. The van der Waals surface area contributed by atoms with Crippen molar-refractivity contribution in [3.05, 3.63) is 59.7 Å². The molecule has 1 aliphatic carbocycles. The number of alkyl halides is 3. The number of carbonyl (C=O) groups is 1. The second-order valence-electron chi connectivity index (χ2n) is 8.23. The molecule has 1 aliphatic rings. The van der Waals surface area contributed by atoms with E-state index >= 15 is 0 Å². The molecule has 1 fully saturated rings. The Hall–Kier alpha value is -2.04. The lowest BCUT2D eigenvalue weighted by molar-refractivity contribution is -0.137. The maximum atomic E-state index is 12.9. The smallest absolute Gasteiger partial charge is 0.350 e. The molecular formula is C22H28F3NO. The van der Waals surface area contributed by atoms with Gasteiger partial charge in [-0.25, -0.2) is 0 Å². The molecule has 0 heterocycles. The first-order chi connectivity index (χ1) is 12.4. The number of allylic oxidation sites excluding steroid dienone is 3. The van der Waals surface area contributed by atoms with Crippen molar-refractivity contribution in [2.45, 2.75) is 52.8 Å². The fourth-order valence-corrected chi connectivity index (χ4v) is 3.35. The molecule has 1 aromatic rings. The molecular weight excluding hydrogens is 351 g/mol. The van der Waals surface area contributed by atoms with Crippen molar-refractivity contribution in [2.75, 3.05) is 0 Å². The third-order valence-electron chi connectivity index (χ3n) is 5.53. The third kappa shape index (κ3) is 5.24. The van der Waals surface area contributed by atoms with E-state index in [1.807, 2.05) is 40.7 Å². The lowest BCUT2D eigenvalue weighted by Gasteiger charge is -2.15. The largest absolute Gasteiger partial charge is 0.416 e. The Labute approximate surface area is 159 Å². The molecule has 3 atom stereocenters. The van der Waals surface area contributed by atoms with E-state index in [0.29, 0.717) is 11.5 Å². The molecule has 27 heavy (non-hydrogen) atoms. The standard InChI is InChI=1S/C22H28F3NO/c1-14(2)15(3)26-19(27)12-7-6-11-18-20(21(18,4)5)16-9-8-10-17(13-16)22(23,24)25/h6-15,18,20H,1-5H3,(H,26,27)/b11-6+,12-7+. The highest BCUT2D eigenvalue weighted by atomic mass is 19.4. The summed E-state index contributed by atoms with van der Waals surface area (Å²) in [5.41, 5.74) is -0.0126. The average Bonchev–Trinajstić information content (AvgIpc) is 3.11. The fourth-order valence-electron chi connectivity index (χ4n) is 3.35. The number of halogens is 3. The fraction of sp³-hybridized carbons (Fsp3) is 0.500. The first-order valence-electron chi connectivity index (χ1n) is 9.27. The van der Waals surface area contributed by atoms with E-state index in [-0.39, 0.29) is 29.2 Å². The van der Waals surface area contributed by atoms with Crippen molar-refractivity contribution >= 4 is 5.91 Å². The third-order valence-corrected chi connectivity index (χ3v) is 5.53. The second-order valence-corrected chi connectivity index (χ2v) is 8.23. The van der Waals surface area contributed by atoms with Crippen LogP contribution in [0, 0.1) is 17.3 Å². The van der Waals surface area contributed by atoms with Gasteiger partial charge in [0, 0.05) is 12.1 Å². The molecule has 3 unspecified atom stereocenters. The van der Waals surface area contributed by atoms with Crippen LogP contribution in [0.3, 0.4) is 0 Å². The van der Waals surface area contributed by atoms with Gasteiger partial charge >= 0.3 is 6.18 Å². The van der Waals surface area contributed by atoms with Gasteiger partial charge in [-0.3, -0.25) is 4.79 Å². The normalized spacial score (nSPS) is 23.1. The maximum absolute atomic E-state index is 12.9. The van der Waals surface area contributed by atoms with Crippen molar-refractivity contribution in [1.82, 2.24) is 5.32 Å². The Bertz CT molecular complexity index is 731. The van der Waals surface area contributed by atoms with E-state index < -0.39 is 11.7 Å². The molecule has 1 aromatic carbocycles. The Balaban J connectivity index is 2.01. The molecule has 0 aliphatic heterocycles. The summed E-state index contributed by atoms with van der Waals surface area (Å²) in [7, 11) is 0. The number of hydrogen-bond acceptors (Lipinski definition) is 1. The summed E-state index contributed by atoms with van der Waals surface area (Å²) in [6.45, 7) is 10.1. The van der Waals surface area contributed by atoms with E-state index in [1.165, 1.54) is 18.2 Å². The molecule has 148 valence electrons. The molecule has 0 radical (unpaired) electrons. The summed E-state index contributed by atoms with van der Waals surface area (Å²) in [6.07, 6.45) is 2.61. The molecule has 1 N–H and O–H groups in total. The maximum Gasteiger partial charge on any atom is 0.416 e. The summed E-state index contributed by atoms with van der Waals surface area (Å²) in [4.78, 5) is 11.8. The number of rotatable bonds is 6. The van der Waals surface area contributed by atoms with E-state index in [0.717, 1.165) is 6.07 Å². The Morgan fingerprint density at radius 1 is 1.19 bits per heavy atom. The molecule has 1 amide bonds. The van der Waals surface area contributed by atoms with Crippen LogP contribution in [0.4, 0.5) is 13.2 Å². The minimum atomic E-state index is -4.33. The lowest BCUT2D eigenvalue weighted by atomic mass is 10.0. The highest BCUT2D eigenvalue weighted by Gasteiger charge is 2.56. The van der Waals surface area contributed by atoms with Gasteiger partial charge in [0.15, 0.2) is 0 Å². The van der Waals surface area contributed by atoms with E-state index in [4.69, 9.17) is 0 Å². The van der Waals surface area contributed by atoms with Crippen molar-refractivity contribution in [1.29, 1.82) is 0 Å². The van der Waals surface area contributed by atoms with Crippen LogP contribution in [0.25, 0.3) is 0 Å². The summed E-state index contributed by atoms with van der Waals surface area (Å²) < 4.78 is 38.8.